The van der Waals surface area contributed by atoms with Crippen molar-refractivity contribution in [1.29, 1.82) is 0 Å². The van der Waals surface area contributed by atoms with Gasteiger partial charge in [0.1, 0.15) is 0 Å². The van der Waals surface area contributed by atoms with Gasteiger partial charge in [-0.15, -0.1) is 0 Å². The summed E-state index contributed by atoms with van der Waals surface area (Å²) < 4.78 is 38.0. The highest BCUT2D eigenvalue weighted by atomic mass is 19.4. The van der Waals surface area contributed by atoms with E-state index in [0.29, 0.717) is 6.54 Å². The van der Waals surface area contributed by atoms with Gasteiger partial charge in [-0.1, -0.05) is 12.1 Å². The summed E-state index contributed by atoms with van der Waals surface area (Å²) in [6, 6.07) is 6.35. The lowest BCUT2D eigenvalue weighted by molar-refractivity contribution is -0.253. The number of benzene rings is 1. The number of hydrogen-bond donors (Lipinski definition) is 2. The van der Waals surface area contributed by atoms with Gasteiger partial charge >= 0.3 is 6.18 Å². The zero-order valence-electron chi connectivity index (χ0n) is 10.7. The lowest BCUT2D eigenvalue weighted by atomic mass is 10.0. The minimum atomic E-state index is -4.73. The molecule has 1 fully saturated rings. The maximum Gasteiger partial charge on any atom is 0.419 e. The molecule has 1 heterocycles. The van der Waals surface area contributed by atoms with Crippen LogP contribution in [0, 0.1) is 0 Å². The number of carbonyl (C=O) groups is 1. The molecule has 0 bridgehead atoms. The van der Waals surface area contributed by atoms with Crippen molar-refractivity contribution in [2.45, 2.75) is 24.7 Å². The maximum absolute atomic E-state index is 12.7. The second-order valence-electron chi connectivity index (χ2n) is 4.91. The van der Waals surface area contributed by atoms with Crippen LogP contribution in [0.15, 0.2) is 24.3 Å². The second kappa shape index (κ2) is 5.06. The normalized spacial score (nSPS) is 23.1. The lowest BCUT2D eigenvalue weighted by Crippen LogP contribution is -2.48. The van der Waals surface area contributed by atoms with Crippen LogP contribution in [-0.2, 0) is 6.54 Å². The van der Waals surface area contributed by atoms with Crippen molar-refractivity contribution < 1.29 is 23.1 Å². The van der Waals surface area contributed by atoms with Crippen LogP contribution in [0.5, 0.6) is 0 Å². The molecule has 110 valence electrons. The van der Waals surface area contributed by atoms with Gasteiger partial charge in [0.2, 0.25) is 0 Å². The largest absolute Gasteiger partial charge is 0.419 e. The monoisotopic (exact) mass is 288 g/mol. The van der Waals surface area contributed by atoms with E-state index in [1.165, 1.54) is 12.1 Å². The van der Waals surface area contributed by atoms with Gasteiger partial charge in [-0.25, -0.2) is 0 Å². The lowest BCUT2D eigenvalue weighted by Gasteiger charge is -2.25. The van der Waals surface area contributed by atoms with Crippen molar-refractivity contribution in [3.63, 3.8) is 0 Å². The summed E-state index contributed by atoms with van der Waals surface area (Å²) in [5.74, 6) is -0.520. The summed E-state index contributed by atoms with van der Waals surface area (Å²) in [5.41, 5.74) is 3.74. The number of β-amino-alcohol motifs (C(OH)–C–C–N with tert-alkyl or cyclic N) is 1. The Kier molecular flexibility index (Phi) is 3.75. The highest BCUT2D eigenvalue weighted by Gasteiger charge is 2.57. The van der Waals surface area contributed by atoms with Crippen LogP contribution in [0.2, 0.25) is 0 Å². The van der Waals surface area contributed by atoms with Crippen LogP contribution in [0.1, 0.15) is 22.3 Å². The van der Waals surface area contributed by atoms with Crippen molar-refractivity contribution >= 4 is 5.91 Å². The molecular formula is C13H15F3N2O2. The standard InChI is InChI=1S/C13H15F3N2O2/c14-13(15,16)12(20)5-6-18(8-12)11(19)10-3-1-9(7-17)2-4-10/h1-4,20H,5-8,17H2. The Morgan fingerprint density at radius 1 is 1.35 bits per heavy atom. The average Bonchev–Trinajstić information content (AvgIpc) is 2.82. The number of aliphatic hydroxyl groups is 1. The first kappa shape index (κ1) is 14.8. The molecule has 20 heavy (non-hydrogen) atoms. The summed E-state index contributed by atoms with van der Waals surface area (Å²) in [6.07, 6.45) is -5.23. The number of likely N-dealkylation sites (tertiary alicyclic amines) is 1. The first-order valence-electron chi connectivity index (χ1n) is 6.14. The Labute approximate surface area is 114 Å². The van der Waals surface area contributed by atoms with E-state index >= 15 is 0 Å². The third-order valence-corrected chi connectivity index (χ3v) is 3.50. The zero-order chi connectivity index (χ0) is 15.0. The number of alkyl halides is 3. The Morgan fingerprint density at radius 3 is 2.40 bits per heavy atom. The van der Waals surface area contributed by atoms with E-state index in [2.05, 4.69) is 0 Å². The van der Waals surface area contributed by atoms with Crippen molar-refractivity contribution in [2.24, 2.45) is 5.73 Å². The summed E-state index contributed by atoms with van der Waals surface area (Å²) in [5, 5.41) is 9.54. The Morgan fingerprint density at radius 2 is 1.95 bits per heavy atom. The quantitative estimate of drug-likeness (QED) is 0.861. The minimum absolute atomic E-state index is 0.118. The molecule has 1 atom stereocenters. The topological polar surface area (TPSA) is 66.6 Å². The molecule has 0 aromatic heterocycles. The third kappa shape index (κ3) is 2.64. The number of halogens is 3. The minimum Gasteiger partial charge on any atom is -0.379 e. The van der Waals surface area contributed by atoms with Gasteiger partial charge in [-0.05, 0) is 17.7 Å². The fourth-order valence-corrected chi connectivity index (χ4v) is 2.16. The summed E-state index contributed by atoms with van der Waals surface area (Å²) in [4.78, 5) is 13.1. The number of nitrogens with two attached hydrogens (primary N) is 1. The molecule has 1 aromatic rings. The van der Waals surface area contributed by atoms with E-state index in [1.807, 2.05) is 0 Å². The van der Waals surface area contributed by atoms with E-state index < -0.39 is 30.7 Å². The predicted molar refractivity (Wildman–Crippen MR) is 65.9 cm³/mol. The molecule has 2 rings (SSSR count). The van der Waals surface area contributed by atoms with Gasteiger partial charge in [0.05, 0.1) is 6.54 Å². The first-order chi connectivity index (χ1) is 9.27. The van der Waals surface area contributed by atoms with E-state index in [4.69, 9.17) is 5.73 Å². The van der Waals surface area contributed by atoms with Crippen LogP contribution in [0.3, 0.4) is 0 Å². The smallest absolute Gasteiger partial charge is 0.379 e. The second-order valence-corrected chi connectivity index (χ2v) is 4.91. The molecule has 1 saturated heterocycles. The van der Waals surface area contributed by atoms with Gasteiger partial charge in [0.15, 0.2) is 5.60 Å². The van der Waals surface area contributed by atoms with Gasteiger partial charge < -0.3 is 15.7 Å². The van der Waals surface area contributed by atoms with Crippen molar-refractivity contribution in [3.8, 4) is 0 Å². The van der Waals surface area contributed by atoms with Gasteiger partial charge in [0, 0.05) is 25.1 Å². The van der Waals surface area contributed by atoms with Crippen LogP contribution in [0.4, 0.5) is 13.2 Å². The summed E-state index contributed by atoms with van der Waals surface area (Å²) in [7, 11) is 0. The molecule has 4 nitrogen and oxygen atoms in total. The van der Waals surface area contributed by atoms with E-state index in [0.717, 1.165) is 10.5 Å². The molecule has 1 aliphatic rings. The number of nitrogens with zero attached hydrogens (tertiary/aromatic N) is 1. The van der Waals surface area contributed by atoms with Gasteiger partial charge in [0.25, 0.3) is 5.91 Å². The Bertz CT molecular complexity index is 501. The van der Waals surface area contributed by atoms with Crippen LogP contribution >= 0.6 is 0 Å². The fraction of sp³-hybridized carbons (Fsp3) is 0.462. The van der Waals surface area contributed by atoms with Crippen LogP contribution in [-0.4, -0.2) is 40.8 Å². The SMILES string of the molecule is NCc1ccc(C(=O)N2CCC(O)(C(F)(F)F)C2)cc1. The zero-order valence-corrected chi connectivity index (χ0v) is 10.7. The van der Waals surface area contributed by atoms with Gasteiger partial charge in [-0.2, -0.15) is 13.2 Å². The maximum atomic E-state index is 12.7. The molecule has 1 aromatic carbocycles. The highest BCUT2D eigenvalue weighted by Crippen LogP contribution is 2.37. The molecule has 1 aliphatic heterocycles. The molecule has 0 radical (unpaired) electrons. The molecule has 3 N–H and O–H groups in total. The molecule has 7 heteroatoms. The number of carbonyl (C=O) groups excluding carboxylic acids is 1. The molecule has 0 spiro atoms. The number of hydrogen-bond acceptors (Lipinski definition) is 3. The van der Waals surface area contributed by atoms with Crippen LogP contribution in [0.25, 0.3) is 0 Å². The first-order valence-corrected chi connectivity index (χ1v) is 6.14. The molecule has 0 saturated carbocycles. The van der Waals surface area contributed by atoms with Gasteiger partial charge in [-0.3, -0.25) is 4.79 Å². The van der Waals surface area contributed by atoms with Crippen molar-refractivity contribution in [1.82, 2.24) is 4.90 Å². The van der Waals surface area contributed by atoms with E-state index in [9.17, 15) is 23.1 Å². The molecule has 1 unspecified atom stereocenters. The Hall–Kier alpha value is -1.60. The number of rotatable bonds is 2. The summed E-state index contributed by atoms with van der Waals surface area (Å²) in [6.45, 7) is -0.520. The molecule has 0 aliphatic carbocycles. The average molecular weight is 288 g/mol. The summed E-state index contributed by atoms with van der Waals surface area (Å²) >= 11 is 0. The third-order valence-electron chi connectivity index (χ3n) is 3.50. The predicted octanol–water partition coefficient (Wildman–Crippen LogP) is 1.28. The molecule has 1 amide bonds. The highest BCUT2D eigenvalue weighted by molar-refractivity contribution is 5.94. The van der Waals surface area contributed by atoms with E-state index in [-0.39, 0.29) is 12.1 Å². The van der Waals surface area contributed by atoms with E-state index in [1.54, 1.807) is 12.1 Å². The van der Waals surface area contributed by atoms with Crippen molar-refractivity contribution in [2.75, 3.05) is 13.1 Å². The number of amides is 1. The Balaban J connectivity index is 2.11. The molecular weight excluding hydrogens is 273 g/mol. The van der Waals surface area contributed by atoms with Crippen LogP contribution < -0.4 is 5.73 Å². The fourth-order valence-electron chi connectivity index (χ4n) is 2.16. The van der Waals surface area contributed by atoms with Crippen molar-refractivity contribution in [3.05, 3.63) is 35.4 Å².